The zero-order valence-corrected chi connectivity index (χ0v) is 21.9. The second-order valence-corrected chi connectivity index (χ2v) is 9.43. The van der Waals surface area contributed by atoms with Gasteiger partial charge < -0.3 is 35.0 Å². The van der Waals surface area contributed by atoms with Gasteiger partial charge in [-0.2, -0.15) is 0 Å². The molecule has 0 aromatic heterocycles. The Kier molecular flexibility index (Phi) is 20.1. The molecule has 0 aliphatic heterocycles. The largest absolute Gasteiger partial charge is 0.481 e. The Balaban J connectivity index is 5.01. The number of carbonyl (C=O) groups excluding carboxylic acids is 1. The molecule has 9 nitrogen and oxygen atoms in total. The van der Waals surface area contributed by atoms with Crippen LogP contribution in [0.3, 0.4) is 0 Å². The van der Waals surface area contributed by atoms with E-state index in [1.807, 2.05) is 0 Å². The maximum absolute atomic E-state index is 12.6. The van der Waals surface area contributed by atoms with Crippen LogP contribution in [-0.4, -0.2) is 74.3 Å². The van der Waals surface area contributed by atoms with Gasteiger partial charge in [-0.1, -0.05) is 78.6 Å². The lowest BCUT2D eigenvalue weighted by Crippen LogP contribution is -2.46. The lowest BCUT2D eigenvalue weighted by molar-refractivity contribution is -0.223. The van der Waals surface area contributed by atoms with Crippen LogP contribution in [0.25, 0.3) is 0 Å². The highest BCUT2D eigenvalue weighted by Crippen LogP contribution is 2.19. The number of rotatable bonds is 23. The van der Waals surface area contributed by atoms with E-state index < -0.39 is 48.7 Å². The summed E-state index contributed by atoms with van der Waals surface area (Å²) < 4.78 is 11.0. The highest BCUT2D eigenvalue weighted by Gasteiger charge is 2.32. The summed E-state index contributed by atoms with van der Waals surface area (Å²) in [7, 11) is 0. The minimum atomic E-state index is -1.80. The molecule has 0 amide bonds. The normalized spacial score (nSPS) is 16.8. The van der Waals surface area contributed by atoms with Gasteiger partial charge in [0.1, 0.15) is 18.3 Å². The molecule has 6 atom stereocenters. The number of carbonyl (C=O) groups is 2. The smallest absolute Gasteiger partial charge is 0.308 e. The van der Waals surface area contributed by atoms with Gasteiger partial charge in [-0.15, -0.1) is 0 Å². The third-order valence-corrected chi connectivity index (χ3v) is 6.14. The molecule has 0 saturated carbocycles. The van der Waals surface area contributed by atoms with Crippen LogP contribution in [-0.2, 0) is 19.1 Å². The minimum absolute atomic E-state index is 0.182. The molecule has 0 spiro atoms. The summed E-state index contributed by atoms with van der Waals surface area (Å²) in [6, 6.07) is 0. The van der Waals surface area contributed by atoms with Crippen molar-refractivity contribution >= 4 is 11.9 Å². The third kappa shape index (κ3) is 16.9. The summed E-state index contributed by atoms with van der Waals surface area (Å²) in [6.45, 7) is 5.84. The van der Waals surface area contributed by atoms with E-state index in [4.69, 9.17) is 9.47 Å². The standard InChI is InChI=1S/C26H50O9/c1-4-7-9-11-13-15-19(17-22(28)29)34-23(30)18-20(16-14-12-10-8-5-2)35-26(33)25(32)24(31)21(27)6-3/h19-21,24-27,31-33H,4-18H2,1-3H3,(H,28,29)/t19?,20?,21-,24-,25-,26-/m1/s1. The first-order valence-electron chi connectivity index (χ1n) is 13.4. The topological polar surface area (TPSA) is 154 Å². The van der Waals surface area contributed by atoms with Crippen molar-refractivity contribution in [2.24, 2.45) is 0 Å². The van der Waals surface area contributed by atoms with Crippen molar-refractivity contribution in [2.75, 3.05) is 0 Å². The zero-order chi connectivity index (χ0) is 26.6. The summed E-state index contributed by atoms with van der Waals surface area (Å²) in [6.07, 6.45) is 2.53. The lowest BCUT2D eigenvalue weighted by Gasteiger charge is -2.29. The SMILES string of the molecule is CCCCCCCC(CC(=O)O)OC(=O)CC(CCCCCCC)O[C@@H](O)[C@H](O)[C@H](O)[C@H](O)CC. The second kappa shape index (κ2) is 20.9. The molecule has 0 aliphatic carbocycles. The molecule has 208 valence electrons. The van der Waals surface area contributed by atoms with Crippen LogP contribution in [0.5, 0.6) is 0 Å². The predicted molar refractivity (Wildman–Crippen MR) is 133 cm³/mol. The van der Waals surface area contributed by atoms with Crippen LogP contribution in [0.4, 0.5) is 0 Å². The van der Waals surface area contributed by atoms with Crippen molar-refractivity contribution in [3.63, 3.8) is 0 Å². The average molecular weight is 507 g/mol. The summed E-state index contributed by atoms with van der Waals surface area (Å²) in [4.78, 5) is 23.8. The Hall–Kier alpha value is -1.26. The van der Waals surface area contributed by atoms with E-state index in [0.29, 0.717) is 12.8 Å². The summed E-state index contributed by atoms with van der Waals surface area (Å²) >= 11 is 0. The Morgan fingerprint density at radius 1 is 0.686 bits per heavy atom. The number of carboxylic acids is 1. The van der Waals surface area contributed by atoms with Gasteiger partial charge in [-0.3, -0.25) is 9.59 Å². The summed E-state index contributed by atoms with van der Waals surface area (Å²) in [5.74, 6) is -1.67. The Morgan fingerprint density at radius 2 is 1.20 bits per heavy atom. The van der Waals surface area contributed by atoms with Crippen LogP contribution in [0.15, 0.2) is 0 Å². The Labute approximate surface area is 210 Å². The first kappa shape index (κ1) is 33.7. The van der Waals surface area contributed by atoms with Gasteiger partial charge in [0.15, 0.2) is 6.29 Å². The molecule has 0 rings (SSSR count). The van der Waals surface area contributed by atoms with Crippen LogP contribution in [0.1, 0.15) is 117 Å². The monoisotopic (exact) mass is 506 g/mol. The maximum Gasteiger partial charge on any atom is 0.308 e. The van der Waals surface area contributed by atoms with Gasteiger partial charge >= 0.3 is 11.9 Å². The first-order valence-corrected chi connectivity index (χ1v) is 13.4. The van der Waals surface area contributed by atoms with Crippen molar-refractivity contribution in [1.82, 2.24) is 0 Å². The minimum Gasteiger partial charge on any atom is -0.481 e. The predicted octanol–water partition coefficient (Wildman–Crippen LogP) is 3.68. The number of ether oxygens (including phenoxy) is 2. The molecule has 2 unspecified atom stereocenters. The number of esters is 1. The van der Waals surface area contributed by atoms with Gasteiger partial charge in [0.2, 0.25) is 0 Å². The van der Waals surface area contributed by atoms with Gasteiger partial charge in [0.25, 0.3) is 0 Å². The molecular formula is C26H50O9. The fraction of sp³-hybridized carbons (Fsp3) is 0.923. The number of hydrogen-bond acceptors (Lipinski definition) is 8. The quantitative estimate of drug-likeness (QED) is 0.0793. The van der Waals surface area contributed by atoms with Crippen molar-refractivity contribution < 1.29 is 44.6 Å². The molecule has 0 aromatic carbocycles. The number of aliphatic hydroxyl groups excluding tert-OH is 4. The fourth-order valence-corrected chi connectivity index (χ4v) is 3.90. The fourth-order valence-electron chi connectivity index (χ4n) is 3.90. The van der Waals surface area contributed by atoms with Gasteiger partial charge in [0, 0.05) is 0 Å². The number of unbranched alkanes of at least 4 members (excludes halogenated alkanes) is 8. The van der Waals surface area contributed by atoms with Crippen molar-refractivity contribution in [3.8, 4) is 0 Å². The molecule has 5 N–H and O–H groups in total. The van der Waals surface area contributed by atoms with E-state index in [2.05, 4.69) is 13.8 Å². The molecule has 0 heterocycles. The maximum atomic E-state index is 12.6. The first-order chi connectivity index (χ1) is 16.7. The highest BCUT2D eigenvalue weighted by atomic mass is 16.6. The molecule has 0 bridgehead atoms. The van der Waals surface area contributed by atoms with E-state index in [-0.39, 0.29) is 19.3 Å². The van der Waals surface area contributed by atoms with E-state index in [1.54, 1.807) is 6.92 Å². The number of hydrogen-bond donors (Lipinski definition) is 5. The molecule has 9 heteroatoms. The van der Waals surface area contributed by atoms with Gasteiger partial charge in [-0.25, -0.2) is 0 Å². The van der Waals surface area contributed by atoms with Crippen molar-refractivity contribution in [3.05, 3.63) is 0 Å². The van der Waals surface area contributed by atoms with E-state index >= 15 is 0 Å². The van der Waals surface area contributed by atoms with Gasteiger partial charge in [-0.05, 0) is 25.7 Å². The Bertz CT molecular complexity index is 543. The van der Waals surface area contributed by atoms with Crippen molar-refractivity contribution in [1.29, 1.82) is 0 Å². The average Bonchev–Trinajstić information content (AvgIpc) is 2.81. The van der Waals surface area contributed by atoms with Crippen LogP contribution >= 0.6 is 0 Å². The van der Waals surface area contributed by atoms with E-state index in [9.17, 15) is 35.1 Å². The molecule has 0 radical (unpaired) electrons. The lowest BCUT2D eigenvalue weighted by atomic mass is 10.0. The second-order valence-electron chi connectivity index (χ2n) is 9.43. The molecule has 0 fully saturated rings. The number of carboxylic acid groups (broad SMARTS) is 1. The Morgan fingerprint density at radius 3 is 1.69 bits per heavy atom. The number of aliphatic carboxylic acids is 1. The van der Waals surface area contributed by atoms with E-state index in [0.717, 1.165) is 64.2 Å². The van der Waals surface area contributed by atoms with Crippen LogP contribution < -0.4 is 0 Å². The molecular weight excluding hydrogens is 456 g/mol. The molecule has 0 aliphatic rings. The van der Waals surface area contributed by atoms with Crippen LogP contribution in [0.2, 0.25) is 0 Å². The third-order valence-electron chi connectivity index (χ3n) is 6.14. The van der Waals surface area contributed by atoms with Crippen molar-refractivity contribution in [2.45, 2.75) is 154 Å². The number of aliphatic hydroxyl groups is 4. The summed E-state index contributed by atoms with van der Waals surface area (Å²) in [5.41, 5.74) is 0. The highest BCUT2D eigenvalue weighted by molar-refractivity contribution is 5.72. The zero-order valence-electron chi connectivity index (χ0n) is 21.9. The van der Waals surface area contributed by atoms with Crippen LogP contribution in [0, 0.1) is 0 Å². The molecule has 0 saturated heterocycles. The van der Waals surface area contributed by atoms with E-state index in [1.165, 1.54) is 0 Å². The molecule has 0 aromatic rings. The van der Waals surface area contributed by atoms with Gasteiger partial charge in [0.05, 0.1) is 25.0 Å². The molecule has 35 heavy (non-hydrogen) atoms. The summed E-state index contributed by atoms with van der Waals surface area (Å²) in [5, 5.41) is 49.3.